The average Bonchev–Trinajstić information content (AvgIpc) is 3.30. The van der Waals surface area contributed by atoms with E-state index in [1.54, 1.807) is 0 Å². The topological polar surface area (TPSA) is 78.9 Å². The lowest BCUT2D eigenvalue weighted by Gasteiger charge is -2.18. The molecule has 1 atom stereocenters. The summed E-state index contributed by atoms with van der Waals surface area (Å²) in [4.78, 5) is 38.1. The average molecular weight is 914 g/mol. The highest BCUT2D eigenvalue weighted by atomic mass is 16.6. The lowest BCUT2D eigenvalue weighted by molar-refractivity contribution is -0.167. The Morgan fingerprint density at radius 3 is 0.831 bits per heavy atom. The van der Waals surface area contributed by atoms with E-state index in [0.29, 0.717) is 19.3 Å². The normalized spacial score (nSPS) is 12.2. The van der Waals surface area contributed by atoms with Gasteiger partial charge in [-0.15, -0.1) is 0 Å². The highest BCUT2D eigenvalue weighted by molar-refractivity contribution is 5.71. The molecule has 380 valence electrons. The molecule has 0 N–H and O–H groups in total. The summed E-state index contributed by atoms with van der Waals surface area (Å²) in [5.41, 5.74) is 0. The summed E-state index contributed by atoms with van der Waals surface area (Å²) >= 11 is 0. The van der Waals surface area contributed by atoms with Crippen LogP contribution in [-0.2, 0) is 28.6 Å². The molecule has 0 radical (unpaired) electrons. The van der Waals surface area contributed by atoms with Crippen molar-refractivity contribution in [3.05, 3.63) is 36.5 Å². The maximum atomic E-state index is 12.8. The van der Waals surface area contributed by atoms with Gasteiger partial charge in [0.2, 0.25) is 0 Å². The van der Waals surface area contributed by atoms with E-state index in [9.17, 15) is 14.4 Å². The van der Waals surface area contributed by atoms with Crippen LogP contribution >= 0.6 is 0 Å². The van der Waals surface area contributed by atoms with Crippen molar-refractivity contribution in [1.82, 2.24) is 0 Å². The number of hydrogen-bond donors (Lipinski definition) is 0. The van der Waals surface area contributed by atoms with Crippen LogP contribution in [0.5, 0.6) is 0 Å². The minimum Gasteiger partial charge on any atom is -0.462 e. The van der Waals surface area contributed by atoms with Crippen molar-refractivity contribution in [3.8, 4) is 0 Å². The monoisotopic (exact) mass is 913 g/mol. The Morgan fingerprint density at radius 1 is 0.292 bits per heavy atom. The Labute approximate surface area is 404 Å². The molecule has 0 amide bonds. The third-order valence-electron chi connectivity index (χ3n) is 12.6. The highest BCUT2D eigenvalue weighted by Gasteiger charge is 2.19. The van der Waals surface area contributed by atoms with Crippen LogP contribution in [0.3, 0.4) is 0 Å². The van der Waals surface area contributed by atoms with Gasteiger partial charge in [0.05, 0.1) is 0 Å². The number of carbonyl (C=O) groups is 3. The summed E-state index contributed by atoms with van der Waals surface area (Å²) in [7, 11) is 0. The van der Waals surface area contributed by atoms with Gasteiger partial charge in [-0.25, -0.2) is 0 Å². The van der Waals surface area contributed by atoms with Crippen molar-refractivity contribution in [2.75, 3.05) is 13.2 Å². The van der Waals surface area contributed by atoms with Crippen LogP contribution in [0.4, 0.5) is 0 Å². The lowest BCUT2D eigenvalue weighted by Crippen LogP contribution is -2.30. The number of esters is 3. The van der Waals surface area contributed by atoms with Crippen molar-refractivity contribution in [2.45, 2.75) is 309 Å². The first-order chi connectivity index (χ1) is 32.0. The molecule has 0 aliphatic rings. The van der Waals surface area contributed by atoms with Gasteiger partial charge in [0, 0.05) is 19.3 Å². The van der Waals surface area contributed by atoms with Crippen LogP contribution in [0, 0.1) is 0 Å². The van der Waals surface area contributed by atoms with Crippen LogP contribution in [-0.4, -0.2) is 37.2 Å². The number of rotatable bonds is 52. The van der Waals surface area contributed by atoms with Crippen LogP contribution in [0.2, 0.25) is 0 Å². The predicted octanol–water partition coefficient (Wildman–Crippen LogP) is 18.9. The van der Waals surface area contributed by atoms with E-state index in [1.807, 2.05) is 0 Å². The summed E-state index contributed by atoms with van der Waals surface area (Å²) in [6.07, 6.45) is 64.2. The number of hydrogen-bond acceptors (Lipinski definition) is 6. The Morgan fingerprint density at radius 2 is 0.523 bits per heavy atom. The Bertz CT molecular complexity index is 1090. The molecule has 0 bridgehead atoms. The number of carbonyl (C=O) groups excluding carboxylic acids is 3. The number of allylic oxidation sites excluding steroid dienone is 6. The maximum absolute atomic E-state index is 12.8. The summed E-state index contributed by atoms with van der Waals surface area (Å²) in [6.45, 7) is 6.60. The van der Waals surface area contributed by atoms with Crippen molar-refractivity contribution in [1.29, 1.82) is 0 Å². The van der Waals surface area contributed by atoms with E-state index in [4.69, 9.17) is 14.2 Å². The Hall–Kier alpha value is -2.37. The number of ether oxygens (including phenoxy) is 3. The molecule has 0 aromatic rings. The number of unbranched alkanes of at least 4 members (excludes halogenated alkanes) is 35. The van der Waals surface area contributed by atoms with Crippen molar-refractivity contribution in [2.24, 2.45) is 0 Å². The van der Waals surface area contributed by atoms with Gasteiger partial charge in [-0.3, -0.25) is 14.4 Å². The van der Waals surface area contributed by atoms with Crippen LogP contribution < -0.4 is 0 Å². The minimum absolute atomic E-state index is 0.0751. The second-order valence-electron chi connectivity index (χ2n) is 19.2. The molecule has 0 aromatic heterocycles. The highest BCUT2D eigenvalue weighted by Crippen LogP contribution is 2.16. The zero-order valence-electron chi connectivity index (χ0n) is 43.5. The molecule has 0 fully saturated rings. The van der Waals surface area contributed by atoms with E-state index >= 15 is 0 Å². The fraction of sp³-hybridized carbons (Fsp3) is 0.847. The van der Waals surface area contributed by atoms with Crippen LogP contribution in [0.1, 0.15) is 303 Å². The standard InChI is InChI=1S/C59H108O6/c1-4-7-10-13-16-19-22-24-26-27-28-29-30-31-33-35-38-41-44-47-50-53-59(62)65-56(54-63-57(60)51-48-45-42-39-36-21-18-15-12-9-6-3)55-64-58(61)52-49-46-43-40-37-34-32-25-23-20-17-14-11-8-5-2/h15,18,20,23-24,26,56H,4-14,16-17,19,21-22,25,27-55H2,1-3H3/b18-15-,23-20-,26-24-/t56-/m0/s1. The first kappa shape index (κ1) is 62.6. The lowest BCUT2D eigenvalue weighted by atomic mass is 10.0. The van der Waals surface area contributed by atoms with Gasteiger partial charge >= 0.3 is 17.9 Å². The molecular weight excluding hydrogens is 805 g/mol. The second-order valence-corrected chi connectivity index (χ2v) is 19.2. The summed E-state index contributed by atoms with van der Waals surface area (Å²) < 4.78 is 16.8. The molecule has 0 heterocycles. The van der Waals surface area contributed by atoms with Crippen molar-refractivity contribution in [3.63, 3.8) is 0 Å². The van der Waals surface area contributed by atoms with Gasteiger partial charge in [-0.1, -0.05) is 231 Å². The molecular formula is C59H108O6. The fourth-order valence-corrected chi connectivity index (χ4v) is 8.24. The molecule has 6 nitrogen and oxygen atoms in total. The van der Waals surface area contributed by atoms with Gasteiger partial charge in [-0.05, 0) is 89.9 Å². The summed E-state index contributed by atoms with van der Waals surface area (Å²) in [6, 6.07) is 0. The van der Waals surface area contributed by atoms with E-state index in [0.717, 1.165) is 64.2 Å². The second kappa shape index (κ2) is 54.2. The third-order valence-corrected chi connectivity index (χ3v) is 12.6. The maximum Gasteiger partial charge on any atom is 0.306 e. The quantitative estimate of drug-likeness (QED) is 0.0262. The van der Waals surface area contributed by atoms with Crippen LogP contribution in [0.25, 0.3) is 0 Å². The van der Waals surface area contributed by atoms with Crippen molar-refractivity contribution < 1.29 is 28.6 Å². The van der Waals surface area contributed by atoms with Gasteiger partial charge in [0.15, 0.2) is 6.10 Å². The molecule has 0 saturated heterocycles. The van der Waals surface area contributed by atoms with Gasteiger partial charge in [-0.2, -0.15) is 0 Å². The van der Waals surface area contributed by atoms with E-state index in [2.05, 4.69) is 57.2 Å². The van der Waals surface area contributed by atoms with E-state index in [-0.39, 0.29) is 31.1 Å². The molecule has 6 heteroatoms. The SMILES string of the molecule is CCCC/C=C\CCCCCCCC(=O)OC[C@@H](COC(=O)CCCCCCCCC/C=C\CCCCCC)OC(=O)CCCCCCCCCCCCC/C=C\CCCCCCCC. The zero-order chi connectivity index (χ0) is 47.2. The minimum atomic E-state index is -0.775. The van der Waals surface area contributed by atoms with Crippen molar-refractivity contribution >= 4 is 17.9 Å². The summed E-state index contributed by atoms with van der Waals surface area (Å²) in [5, 5.41) is 0. The first-order valence-electron chi connectivity index (χ1n) is 28.5. The third kappa shape index (κ3) is 52.5. The van der Waals surface area contributed by atoms with Gasteiger partial charge in [0.25, 0.3) is 0 Å². The molecule has 0 saturated carbocycles. The smallest absolute Gasteiger partial charge is 0.306 e. The molecule has 0 aromatic carbocycles. The Balaban J connectivity index is 4.29. The van der Waals surface area contributed by atoms with E-state index < -0.39 is 6.10 Å². The fourth-order valence-electron chi connectivity index (χ4n) is 8.24. The molecule has 0 unspecified atom stereocenters. The first-order valence-corrected chi connectivity index (χ1v) is 28.5. The van der Waals surface area contributed by atoms with Gasteiger partial charge < -0.3 is 14.2 Å². The summed E-state index contributed by atoms with van der Waals surface area (Å²) in [5.74, 6) is -0.876. The predicted molar refractivity (Wildman–Crippen MR) is 279 cm³/mol. The molecule has 0 rings (SSSR count). The largest absolute Gasteiger partial charge is 0.462 e. The zero-order valence-corrected chi connectivity index (χ0v) is 43.5. The van der Waals surface area contributed by atoms with Gasteiger partial charge in [0.1, 0.15) is 13.2 Å². The molecule has 0 spiro atoms. The molecule has 0 aliphatic heterocycles. The van der Waals surface area contributed by atoms with Crippen LogP contribution in [0.15, 0.2) is 36.5 Å². The molecule has 65 heavy (non-hydrogen) atoms. The Kier molecular flexibility index (Phi) is 52.3. The molecule has 0 aliphatic carbocycles. The van der Waals surface area contributed by atoms with E-state index in [1.165, 1.54) is 199 Å².